The fraction of sp³-hybridized carbons (Fsp3) is 0.588. The van der Waals surface area contributed by atoms with E-state index in [-0.39, 0.29) is 11.4 Å². The molecule has 2 amide bonds. The van der Waals surface area contributed by atoms with E-state index in [0.717, 1.165) is 12.8 Å². The third kappa shape index (κ3) is 3.80. The smallest absolute Gasteiger partial charge is 0.317 e. The molecule has 1 aliphatic carbocycles. The highest BCUT2D eigenvalue weighted by atomic mass is 32.2. The van der Waals surface area contributed by atoms with Gasteiger partial charge >= 0.3 is 6.03 Å². The molecule has 2 fully saturated rings. The molecule has 0 bridgehead atoms. The largest absolute Gasteiger partial charge is 0.337 e. The van der Waals surface area contributed by atoms with E-state index in [1.807, 2.05) is 18.2 Å². The first kappa shape index (κ1) is 18.2. The van der Waals surface area contributed by atoms with Gasteiger partial charge in [-0.25, -0.2) is 4.79 Å². The van der Waals surface area contributed by atoms with Crippen LogP contribution in [0.5, 0.6) is 0 Å². The lowest BCUT2D eigenvalue weighted by Gasteiger charge is -2.35. The number of nitrogens with zero attached hydrogens (tertiary/aromatic N) is 3. The summed E-state index contributed by atoms with van der Waals surface area (Å²) in [5, 5.41) is 3.04. The number of carbonyl (C=O) groups is 1. The van der Waals surface area contributed by atoms with Gasteiger partial charge in [-0.05, 0) is 18.4 Å². The van der Waals surface area contributed by atoms with Crippen molar-refractivity contribution in [3.63, 3.8) is 0 Å². The molecular formula is C17H26N4O3S. The predicted molar refractivity (Wildman–Crippen MR) is 96.5 cm³/mol. The van der Waals surface area contributed by atoms with E-state index < -0.39 is 10.2 Å². The lowest BCUT2D eigenvalue weighted by molar-refractivity contribution is 0.169. The van der Waals surface area contributed by atoms with Crippen molar-refractivity contribution in [1.29, 1.82) is 0 Å². The SMILES string of the molecule is CN(C)S(=O)(=O)N1CCN(C(=O)NCC2(c3ccccc3)CC2)CC1. The number of piperazine rings is 1. The van der Waals surface area contributed by atoms with Crippen LogP contribution in [-0.4, -0.2) is 74.8 Å². The van der Waals surface area contributed by atoms with Crippen LogP contribution >= 0.6 is 0 Å². The number of carbonyl (C=O) groups excluding carboxylic acids is 1. The topological polar surface area (TPSA) is 73.0 Å². The zero-order valence-corrected chi connectivity index (χ0v) is 15.6. The Morgan fingerprint density at radius 3 is 2.24 bits per heavy atom. The molecular weight excluding hydrogens is 340 g/mol. The maximum absolute atomic E-state index is 12.4. The molecule has 1 aromatic rings. The van der Waals surface area contributed by atoms with Crippen molar-refractivity contribution in [1.82, 2.24) is 18.8 Å². The average molecular weight is 366 g/mol. The summed E-state index contributed by atoms with van der Waals surface area (Å²) in [4.78, 5) is 14.1. The molecule has 1 heterocycles. The second-order valence-electron chi connectivity index (χ2n) is 6.98. The Morgan fingerprint density at radius 1 is 1.12 bits per heavy atom. The maximum atomic E-state index is 12.4. The summed E-state index contributed by atoms with van der Waals surface area (Å²) in [6, 6.07) is 10.2. The highest BCUT2D eigenvalue weighted by Crippen LogP contribution is 2.47. The Balaban J connectivity index is 1.51. The molecule has 1 saturated heterocycles. The van der Waals surface area contributed by atoms with Crippen molar-refractivity contribution in [2.75, 3.05) is 46.8 Å². The van der Waals surface area contributed by atoms with Crippen molar-refractivity contribution in [3.8, 4) is 0 Å². The third-order valence-electron chi connectivity index (χ3n) is 5.13. The third-order valence-corrected chi connectivity index (χ3v) is 7.07. The molecule has 0 atom stereocenters. The van der Waals surface area contributed by atoms with Gasteiger partial charge < -0.3 is 10.2 Å². The lowest BCUT2D eigenvalue weighted by atomic mass is 9.96. The van der Waals surface area contributed by atoms with Crippen LogP contribution in [-0.2, 0) is 15.6 Å². The van der Waals surface area contributed by atoms with E-state index >= 15 is 0 Å². The molecule has 1 saturated carbocycles. The van der Waals surface area contributed by atoms with Crippen molar-refractivity contribution in [2.24, 2.45) is 0 Å². The summed E-state index contributed by atoms with van der Waals surface area (Å²) >= 11 is 0. The second kappa shape index (κ2) is 6.93. The van der Waals surface area contributed by atoms with E-state index in [1.54, 1.807) is 4.90 Å². The minimum atomic E-state index is -3.40. The van der Waals surface area contributed by atoms with Gasteiger partial charge in [-0.15, -0.1) is 0 Å². The molecule has 8 heteroatoms. The van der Waals surface area contributed by atoms with Crippen molar-refractivity contribution in [3.05, 3.63) is 35.9 Å². The molecule has 25 heavy (non-hydrogen) atoms. The van der Waals surface area contributed by atoms with Gasteiger partial charge in [-0.1, -0.05) is 30.3 Å². The number of nitrogens with one attached hydrogen (secondary N) is 1. The molecule has 7 nitrogen and oxygen atoms in total. The van der Waals surface area contributed by atoms with E-state index in [1.165, 1.54) is 28.3 Å². The average Bonchev–Trinajstić information content (AvgIpc) is 3.41. The summed E-state index contributed by atoms with van der Waals surface area (Å²) in [7, 11) is -0.361. The van der Waals surface area contributed by atoms with Crippen LogP contribution in [0.25, 0.3) is 0 Å². The van der Waals surface area contributed by atoms with E-state index in [2.05, 4.69) is 17.4 Å². The number of hydrogen-bond acceptors (Lipinski definition) is 3. The Kier molecular flexibility index (Phi) is 5.04. The summed E-state index contributed by atoms with van der Waals surface area (Å²) in [6.45, 7) is 2.12. The number of hydrogen-bond donors (Lipinski definition) is 1. The normalized spacial score (nSPS) is 20.5. The maximum Gasteiger partial charge on any atom is 0.317 e. The molecule has 138 valence electrons. The molecule has 1 aliphatic heterocycles. The molecule has 3 rings (SSSR count). The first-order valence-electron chi connectivity index (χ1n) is 8.61. The fourth-order valence-electron chi connectivity index (χ4n) is 3.22. The van der Waals surface area contributed by atoms with E-state index in [4.69, 9.17) is 0 Å². The second-order valence-corrected chi connectivity index (χ2v) is 9.12. The van der Waals surface area contributed by atoms with Gasteiger partial charge in [0.1, 0.15) is 0 Å². The van der Waals surface area contributed by atoms with Crippen LogP contribution in [0, 0.1) is 0 Å². The predicted octanol–water partition coefficient (Wildman–Crippen LogP) is 0.852. The monoisotopic (exact) mass is 366 g/mol. The Morgan fingerprint density at radius 2 is 1.72 bits per heavy atom. The van der Waals surface area contributed by atoms with Crippen LogP contribution in [0.3, 0.4) is 0 Å². The van der Waals surface area contributed by atoms with Crippen LogP contribution < -0.4 is 5.32 Å². The van der Waals surface area contributed by atoms with Crippen molar-refractivity contribution < 1.29 is 13.2 Å². The standard InChI is InChI=1S/C17H26N4O3S/c1-19(2)25(23,24)21-12-10-20(11-13-21)16(22)18-14-17(8-9-17)15-6-4-3-5-7-15/h3-7H,8-14H2,1-2H3,(H,18,22). The minimum Gasteiger partial charge on any atom is -0.337 e. The van der Waals surface area contributed by atoms with Crippen molar-refractivity contribution in [2.45, 2.75) is 18.3 Å². The fourth-order valence-corrected chi connectivity index (χ4v) is 4.31. The quantitative estimate of drug-likeness (QED) is 0.840. The van der Waals surface area contributed by atoms with Crippen LogP contribution in [0.1, 0.15) is 18.4 Å². The Bertz CT molecular complexity index is 709. The van der Waals surface area contributed by atoms with Gasteiger partial charge in [-0.2, -0.15) is 17.0 Å². The first-order valence-corrected chi connectivity index (χ1v) is 10.0. The summed E-state index contributed by atoms with van der Waals surface area (Å²) in [5.41, 5.74) is 1.35. The summed E-state index contributed by atoms with van der Waals surface area (Å²) in [6.07, 6.45) is 2.18. The summed E-state index contributed by atoms with van der Waals surface area (Å²) < 4.78 is 26.9. The number of amides is 2. The Labute approximate surface area is 149 Å². The first-order chi connectivity index (χ1) is 11.8. The molecule has 1 N–H and O–H groups in total. The number of rotatable bonds is 5. The van der Waals surface area contributed by atoms with Gasteiger partial charge in [0.25, 0.3) is 10.2 Å². The van der Waals surface area contributed by atoms with Gasteiger partial charge in [0, 0.05) is 52.2 Å². The van der Waals surface area contributed by atoms with Crippen LogP contribution in [0.4, 0.5) is 4.79 Å². The molecule has 0 spiro atoms. The molecule has 0 unspecified atom stereocenters. The van der Waals surface area contributed by atoms with Gasteiger partial charge in [-0.3, -0.25) is 0 Å². The summed E-state index contributed by atoms with van der Waals surface area (Å²) in [5.74, 6) is 0. The lowest BCUT2D eigenvalue weighted by Crippen LogP contribution is -2.55. The number of benzene rings is 1. The van der Waals surface area contributed by atoms with Gasteiger partial charge in [0.2, 0.25) is 0 Å². The Hall–Kier alpha value is -1.64. The molecule has 2 aliphatic rings. The van der Waals surface area contributed by atoms with Crippen LogP contribution in [0.2, 0.25) is 0 Å². The zero-order chi connectivity index (χ0) is 18.1. The van der Waals surface area contributed by atoms with Crippen LogP contribution in [0.15, 0.2) is 30.3 Å². The van der Waals surface area contributed by atoms with Crippen molar-refractivity contribution >= 4 is 16.2 Å². The molecule has 1 aromatic carbocycles. The zero-order valence-electron chi connectivity index (χ0n) is 14.8. The van der Waals surface area contributed by atoms with Gasteiger partial charge in [0.15, 0.2) is 0 Å². The molecule has 0 aromatic heterocycles. The highest BCUT2D eigenvalue weighted by molar-refractivity contribution is 7.86. The highest BCUT2D eigenvalue weighted by Gasteiger charge is 2.44. The van der Waals surface area contributed by atoms with E-state index in [9.17, 15) is 13.2 Å². The molecule has 0 radical (unpaired) electrons. The minimum absolute atomic E-state index is 0.0764. The van der Waals surface area contributed by atoms with E-state index in [0.29, 0.717) is 32.7 Å². The van der Waals surface area contributed by atoms with Gasteiger partial charge in [0.05, 0.1) is 0 Å². The number of urea groups is 1.